The number of halogens is 3. The van der Waals surface area contributed by atoms with Gasteiger partial charge in [0.2, 0.25) is 10.0 Å². The Balaban J connectivity index is 1.91. The SMILES string of the molecule is CCc1ccc(S(=O)(=O)N2CCOCC2)cc1NC(C)c1cc(F)c(F)c(F)c1. The minimum absolute atomic E-state index is 0.128. The summed E-state index contributed by atoms with van der Waals surface area (Å²) in [5, 5.41) is 3.10. The highest BCUT2D eigenvalue weighted by Gasteiger charge is 2.27. The van der Waals surface area contributed by atoms with Crippen LogP contribution in [0.5, 0.6) is 0 Å². The number of morpholine rings is 1. The van der Waals surface area contributed by atoms with E-state index in [0.29, 0.717) is 25.3 Å². The van der Waals surface area contributed by atoms with E-state index in [0.717, 1.165) is 17.7 Å². The lowest BCUT2D eigenvalue weighted by Crippen LogP contribution is -2.40. The van der Waals surface area contributed by atoms with Crippen LogP contribution >= 0.6 is 0 Å². The second-order valence-corrected chi connectivity index (χ2v) is 8.79. The van der Waals surface area contributed by atoms with Gasteiger partial charge in [-0.2, -0.15) is 4.31 Å². The molecule has 1 aliphatic heterocycles. The molecule has 1 heterocycles. The molecule has 0 spiro atoms. The van der Waals surface area contributed by atoms with Crippen LogP contribution in [-0.2, 0) is 21.2 Å². The summed E-state index contributed by atoms with van der Waals surface area (Å²) in [6.45, 7) is 4.83. The molecule has 2 aromatic rings. The fourth-order valence-electron chi connectivity index (χ4n) is 3.24. The summed E-state index contributed by atoms with van der Waals surface area (Å²) in [6, 6.07) is 6.07. The van der Waals surface area contributed by atoms with Gasteiger partial charge in [-0.1, -0.05) is 13.0 Å². The third-order valence-electron chi connectivity index (χ3n) is 4.95. The summed E-state index contributed by atoms with van der Waals surface area (Å²) in [5.74, 6) is -4.06. The van der Waals surface area contributed by atoms with Crippen LogP contribution in [0, 0.1) is 17.5 Å². The summed E-state index contributed by atoms with van der Waals surface area (Å²) in [6.07, 6.45) is 0.624. The van der Waals surface area contributed by atoms with Gasteiger partial charge in [0.25, 0.3) is 0 Å². The lowest BCUT2D eigenvalue weighted by molar-refractivity contribution is 0.0730. The van der Waals surface area contributed by atoms with Crippen molar-refractivity contribution in [3.8, 4) is 0 Å². The topological polar surface area (TPSA) is 58.6 Å². The van der Waals surface area contributed by atoms with Crippen molar-refractivity contribution in [1.29, 1.82) is 0 Å². The molecule has 3 rings (SSSR count). The quantitative estimate of drug-likeness (QED) is 0.710. The lowest BCUT2D eigenvalue weighted by Gasteiger charge is -2.26. The Hall–Kier alpha value is -2.10. The molecule has 0 aromatic heterocycles. The zero-order valence-corrected chi connectivity index (χ0v) is 17.0. The van der Waals surface area contributed by atoms with E-state index >= 15 is 0 Å². The van der Waals surface area contributed by atoms with Gasteiger partial charge < -0.3 is 10.1 Å². The van der Waals surface area contributed by atoms with Gasteiger partial charge in [0.1, 0.15) is 0 Å². The minimum atomic E-state index is -3.69. The molecule has 0 amide bonds. The summed E-state index contributed by atoms with van der Waals surface area (Å²) in [5.41, 5.74) is 1.60. The Labute approximate surface area is 168 Å². The Morgan fingerprint density at radius 2 is 1.72 bits per heavy atom. The van der Waals surface area contributed by atoms with Crippen LogP contribution in [0.25, 0.3) is 0 Å². The predicted molar refractivity (Wildman–Crippen MR) is 104 cm³/mol. The van der Waals surface area contributed by atoms with E-state index in [-0.39, 0.29) is 23.5 Å². The zero-order chi connectivity index (χ0) is 21.2. The molecular weight excluding hydrogens is 405 g/mol. The number of nitrogens with one attached hydrogen (secondary N) is 1. The molecule has 9 heteroatoms. The number of hydrogen-bond donors (Lipinski definition) is 1. The fraction of sp³-hybridized carbons (Fsp3) is 0.400. The van der Waals surface area contributed by atoms with Gasteiger partial charge in [-0.3, -0.25) is 0 Å². The van der Waals surface area contributed by atoms with Gasteiger partial charge in [-0.15, -0.1) is 0 Å². The largest absolute Gasteiger partial charge is 0.379 e. The second-order valence-electron chi connectivity index (χ2n) is 6.85. The number of hydrogen-bond acceptors (Lipinski definition) is 4. The smallest absolute Gasteiger partial charge is 0.243 e. The molecule has 0 bridgehead atoms. The van der Waals surface area contributed by atoms with Crippen molar-refractivity contribution in [3.05, 3.63) is 58.9 Å². The first kappa shape index (κ1) is 21.6. The molecule has 29 heavy (non-hydrogen) atoms. The van der Waals surface area contributed by atoms with Crippen LogP contribution < -0.4 is 5.32 Å². The highest BCUT2D eigenvalue weighted by Crippen LogP contribution is 2.28. The molecule has 0 aliphatic carbocycles. The molecule has 1 fully saturated rings. The van der Waals surface area contributed by atoms with Crippen molar-refractivity contribution in [2.75, 3.05) is 31.6 Å². The maximum absolute atomic E-state index is 13.6. The standard InChI is InChI=1S/C20H23F3N2O3S/c1-3-14-4-5-16(29(26,27)25-6-8-28-9-7-25)12-19(14)24-13(2)15-10-17(21)20(23)18(22)11-15/h4-5,10-13,24H,3,6-9H2,1-2H3. The highest BCUT2D eigenvalue weighted by molar-refractivity contribution is 7.89. The summed E-state index contributed by atoms with van der Waals surface area (Å²) < 4.78 is 72.8. The molecule has 2 aromatic carbocycles. The number of nitrogens with zero attached hydrogens (tertiary/aromatic N) is 1. The van der Waals surface area contributed by atoms with Gasteiger partial charge in [0, 0.05) is 24.8 Å². The van der Waals surface area contributed by atoms with Gasteiger partial charge in [0.05, 0.1) is 18.1 Å². The number of anilines is 1. The van der Waals surface area contributed by atoms with E-state index in [4.69, 9.17) is 4.74 Å². The molecule has 1 aliphatic rings. The zero-order valence-electron chi connectivity index (χ0n) is 16.2. The van der Waals surface area contributed by atoms with Crippen LogP contribution in [0.2, 0.25) is 0 Å². The molecule has 1 N–H and O–H groups in total. The number of ether oxygens (including phenoxy) is 1. The monoisotopic (exact) mass is 428 g/mol. The van der Waals surface area contributed by atoms with Crippen LogP contribution in [0.4, 0.5) is 18.9 Å². The van der Waals surface area contributed by atoms with E-state index in [2.05, 4.69) is 5.32 Å². The first-order valence-corrected chi connectivity index (χ1v) is 10.8. The average molecular weight is 428 g/mol. The third-order valence-corrected chi connectivity index (χ3v) is 6.84. The first-order chi connectivity index (χ1) is 13.7. The number of rotatable bonds is 6. The normalized spacial score (nSPS) is 16.6. The second kappa shape index (κ2) is 8.73. The maximum atomic E-state index is 13.6. The Morgan fingerprint density at radius 1 is 1.10 bits per heavy atom. The summed E-state index contributed by atoms with van der Waals surface area (Å²) in [7, 11) is -3.69. The summed E-state index contributed by atoms with van der Waals surface area (Å²) >= 11 is 0. The highest BCUT2D eigenvalue weighted by atomic mass is 32.2. The minimum Gasteiger partial charge on any atom is -0.379 e. The van der Waals surface area contributed by atoms with E-state index in [9.17, 15) is 21.6 Å². The summed E-state index contributed by atoms with van der Waals surface area (Å²) in [4.78, 5) is 0.128. The molecule has 1 atom stereocenters. The van der Waals surface area contributed by atoms with Crippen LogP contribution in [0.1, 0.15) is 31.0 Å². The predicted octanol–water partition coefficient (Wildman–Crippen LogP) is 3.86. The van der Waals surface area contributed by atoms with E-state index in [1.54, 1.807) is 19.1 Å². The Morgan fingerprint density at radius 3 is 2.31 bits per heavy atom. The Bertz CT molecular complexity index is 969. The van der Waals surface area contributed by atoms with Crippen molar-refractivity contribution in [1.82, 2.24) is 4.31 Å². The molecule has 158 valence electrons. The van der Waals surface area contributed by atoms with Crippen LogP contribution in [0.3, 0.4) is 0 Å². The third kappa shape index (κ3) is 4.57. The van der Waals surface area contributed by atoms with Gasteiger partial charge in [-0.05, 0) is 48.7 Å². The average Bonchev–Trinajstić information content (AvgIpc) is 2.72. The Kier molecular flexibility index (Phi) is 6.50. The molecular formula is C20H23F3N2O3S. The van der Waals surface area contributed by atoms with Gasteiger partial charge in [0.15, 0.2) is 17.5 Å². The van der Waals surface area contributed by atoms with Gasteiger partial charge in [-0.25, -0.2) is 21.6 Å². The van der Waals surface area contributed by atoms with Crippen molar-refractivity contribution in [2.45, 2.75) is 31.2 Å². The van der Waals surface area contributed by atoms with Crippen molar-refractivity contribution >= 4 is 15.7 Å². The molecule has 1 saturated heterocycles. The molecule has 5 nitrogen and oxygen atoms in total. The number of aryl methyl sites for hydroxylation is 1. The van der Waals surface area contributed by atoms with Crippen molar-refractivity contribution in [2.24, 2.45) is 0 Å². The number of sulfonamides is 1. The van der Waals surface area contributed by atoms with Crippen molar-refractivity contribution < 1.29 is 26.3 Å². The fourth-order valence-corrected chi connectivity index (χ4v) is 4.67. The van der Waals surface area contributed by atoms with E-state index in [1.807, 2.05) is 6.92 Å². The van der Waals surface area contributed by atoms with Crippen LogP contribution in [0.15, 0.2) is 35.2 Å². The van der Waals surface area contributed by atoms with Crippen LogP contribution in [-0.4, -0.2) is 39.0 Å². The van der Waals surface area contributed by atoms with E-state index in [1.165, 1.54) is 10.4 Å². The van der Waals surface area contributed by atoms with Crippen molar-refractivity contribution in [3.63, 3.8) is 0 Å². The van der Waals surface area contributed by atoms with E-state index < -0.39 is 33.5 Å². The number of benzene rings is 2. The molecule has 0 saturated carbocycles. The first-order valence-electron chi connectivity index (χ1n) is 9.35. The maximum Gasteiger partial charge on any atom is 0.243 e. The molecule has 0 radical (unpaired) electrons. The molecule has 1 unspecified atom stereocenters. The van der Waals surface area contributed by atoms with Gasteiger partial charge >= 0.3 is 0 Å². The lowest BCUT2D eigenvalue weighted by atomic mass is 10.1.